The van der Waals surface area contributed by atoms with Gasteiger partial charge in [-0.05, 0) is 7.05 Å². The molecule has 0 aromatic carbocycles. The molecular weight excluding hydrogens is 154 g/mol. The van der Waals surface area contributed by atoms with Gasteiger partial charge in [0.05, 0.1) is 25.4 Å². The molecule has 0 bridgehead atoms. The van der Waals surface area contributed by atoms with Gasteiger partial charge in [-0.15, -0.1) is 0 Å². The summed E-state index contributed by atoms with van der Waals surface area (Å²) in [6.45, 7) is 4.94. The summed E-state index contributed by atoms with van der Waals surface area (Å²) in [6, 6.07) is 0. The molecule has 2 aliphatic heterocycles. The zero-order valence-electron chi connectivity index (χ0n) is 7.75. The maximum Gasteiger partial charge on any atom is 0.0902 e. The first-order valence-electron chi connectivity index (χ1n) is 4.70. The van der Waals surface area contributed by atoms with Crippen molar-refractivity contribution in [1.29, 1.82) is 0 Å². The Morgan fingerprint density at radius 2 is 2.00 bits per heavy atom. The predicted octanol–water partition coefficient (Wildman–Crippen LogP) is 0.256. The topological polar surface area (TPSA) is 30.5 Å². The Labute approximate surface area is 73.4 Å². The minimum atomic E-state index is 0.354. The van der Waals surface area contributed by atoms with Crippen molar-refractivity contribution in [3.63, 3.8) is 0 Å². The van der Waals surface area contributed by atoms with E-state index >= 15 is 0 Å². The molecule has 0 radical (unpaired) electrons. The first kappa shape index (κ1) is 8.48. The first-order valence-corrected chi connectivity index (χ1v) is 4.70. The summed E-state index contributed by atoms with van der Waals surface area (Å²) in [5.74, 6) is 1.14. The summed E-state index contributed by atoms with van der Waals surface area (Å²) < 4.78 is 11.4. The van der Waals surface area contributed by atoms with Crippen LogP contribution in [-0.4, -0.2) is 39.0 Å². The number of hydrogen-bond acceptors (Lipinski definition) is 3. The summed E-state index contributed by atoms with van der Waals surface area (Å²) in [4.78, 5) is 0. The molecule has 2 rings (SSSR count). The monoisotopic (exact) mass is 171 g/mol. The maximum absolute atomic E-state index is 5.69. The van der Waals surface area contributed by atoms with Crippen LogP contribution in [0.25, 0.3) is 0 Å². The number of ether oxygens (including phenoxy) is 2. The van der Waals surface area contributed by atoms with E-state index in [9.17, 15) is 0 Å². The standard InChI is InChI=1S/C9H17NO2/c1-6-4-11-9-7(3-10-2)5-12-8(6)9/h6-10H,3-5H2,1-2H3/t6?,7?,8-,9-/m1/s1. The fraction of sp³-hybridized carbons (Fsp3) is 1.00. The zero-order chi connectivity index (χ0) is 8.55. The molecule has 2 fully saturated rings. The van der Waals surface area contributed by atoms with Gasteiger partial charge in [0.2, 0.25) is 0 Å². The zero-order valence-corrected chi connectivity index (χ0v) is 7.75. The van der Waals surface area contributed by atoms with Crippen molar-refractivity contribution in [1.82, 2.24) is 5.32 Å². The lowest BCUT2D eigenvalue weighted by atomic mass is 9.97. The average Bonchev–Trinajstić information content (AvgIpc) is 2.58. The van der Waals surface area contributed by atoms with Gasteiger partial charge in [-0.25, -0.2) is 0 Å². The van der Waals surface area contributed by atoms with Crippen LogP contribution < -0.4 is 5.32 Å². The first-order chi connectivity index (χ1) is 5.83. The molecule has 2 saturated heterocycles. The van der Waals surface area contributed by atoms with E-state index in [-0.39, 0.29) is 0 Å². The lowest BCUT2D eigenvalue weighted by Gasteiger charge is -2.14. The fourth-order valence-corrected chi connectivity index (χ4v) is 2.21. The minimum absolute atomic E-state index is 0.354. The molecule has 70 valence electrons. The second kappa shape index (κ2) is 3.32. The summed E-state index contributed by atoms with van der Waals surface area (Å²) >= 11 is 0. The molecule has 0 saturated carbocycles. The van der Waals surface area contributed by atoms with Gasteiger partial charge in [0.1, 0.15) is 0 Å². The Bertz CT molecular complexity index is 163. The van der Waals surface area contributed by atoms with E-state index in [1.807, 2.05) is 7.05 Å². The van der Waals surface area contributed by atoms with Gasteiger partial charge in [-0.2, -0.15) is 0 Å². The summed E-state index contributed by atoms with van der Waals surface area (Å²) in [5, 5.41) is 3.18. The van der Waals surface area contributed by atoms with Crippen molar-refractivity contribution in [2.45, 2.75) is 19.1 Å². The molecule has 1 N–H and O–H groups in total. The van der Waals surface area contributed by atoms with Gasteiger partial charge in [-0.1, -0.05) is 6.92 Å². The molecule has 0 spiro atoms. The molecular formula is C9H17NO2. The van der Waals surface area contributed by atoms with Crippen molar-refractivity contribution in [3.8, 4) is 0 Å². The van der Waals surface area contributed by atoms with E-state index in [1.54, 1.807) is 0 Å². The van der Waals surface area contributed by atoms with E-state index in [4.69, 9.17) is 9.47 Å². The number of hydrogen-bond donors (Lipinski definition) is 1. The summed E-state index contributed by atoms with van der Waals surface area (Å²) in [6.07, 6.45) is 0.718. The molecule has 0 amide bonds. The third kappa shape index (κ3) is 1.26. The normalized spacial score (nSPS) is 46.5. The largest absolute Gasteiger partial charge is 0.375 e. The van der Waals surface area contributed by atoms with E-state index in [0.29, 0.717) is 24.0 Å². The quantitative estimate of drug-likeness (QED) is 0.646. The molecule has 0 aromatic heterocycles. The summed E-state index contributed by atoms with van der Waals surface area (Å²) in [5.41, 5.74) is 0. The highest BCUT2D eigenvalue weighted by Crippen LogP contribution is 2.33. The SMILES string of the molecule is CNCC1CO[C@@H]2C(C)CO[C@H]12. The van der Waals surface area contributed by atoms with E-state index in [2.05, 4.69) is 12.2 Å². The Morgan fingerprint density at radius 1 is 1.25 bits per heavy atom. The van der Waals surface area contributed by atoms with Crippen molar-refractivity contribution in [2.75, 3.05) is 26.8 Å². The average molecular weight is 171 g/mol. The molecule has 0 aliphatic carbocycles. The number of rotatable bonds is 2. The minimum Gasteiger partial charge on any atom is -0.375 e. The summed E-state index contributed by atoms with van der Waals surface area (Å²) in [7, 11) is 1.98. The van der Waals surface area contributed by atoms with Crippen LogP contribution in [0.15, 0.2) is 0 Å². The van der Waals surface area contributed by atoms with Gasteiger partial charge in [0.25, 0.3) is 0 Å². The molecule has 2 aliphatic rings. The van der Waals surface area contributed by atoms with Crippen molar-refractivity contribution in [3.05, 3.63) is 0 Å². The number of fused-ring (bicyclic) bond motifs is 1. The third-order valence-corrected chi connectivity index (χ3v) is 2.87. The highest BCUT2D eigenvalue weighted by atomic mass is 16.6. The highest BCUT2D eigenvalue weighted by Gasteiger charge is 2.45. The van der Waals surface area contributed by atoms with Crippen LogP contribution in [0.5, 0.6) is 0 Å². The Hall–Kier alpha value is -0.120. The van der Waals surface area contributed by atoms with Gasteiger partial charge in [-0.3, -0.25) is 0 Å². The van der Waals surface area contributed by atoms with Gasteiger partial charge >= 0.3 is 0 Å². The number of nitrogens with one attached hydrogen (secondary N) is 1. The Morgan fingerprint density at radius 3 is 2.75 bits per heavy atom. The lowest BCUT2D eigenvalue weighted by molar-refractivity contribution is 0.0615. The smallest absolute Gasteiger partial charge is 0.0902 e. The predicted molar refractivity (Wildman–Crippen MR) is 46.1 cm³/mol. The Kier molecular flexibility index (Phi) is 2.35. The van der Waals surface area contributed by atoms with Gasteiger partial charge < -0.3 is 14.8 Å². The molecule has 2 unspecified atom stereocenters. The third-order valence-electron chi connectivity index (χ3n) is 2.87. The van der Waals surface area contributed by atoms with Crippen molar-refractivity contribution in [2.24, 2.45) is 11.8 Å². The molecule has 12 heavy (non-hydrogen) atoms. The van der Waals surface area contributed by atoms with Crippen LogP contribution in [0.2, 0.25) is 0 Å². The van der Waals surface area contributed by atoms with Crippen LogP contribution in [0.1, 0.15) is 6.92 Å². The highest BCUT2D eigenvalue weighted by molar-refractivity contribution is 4.92. The van der Waals surface area contributed by atoms with E-state index in [1.165, 1.54) is 0 Å². The second-order valence-corrected chi connectivity index (χ2v) is 3.89. The van der Waals surface area contributed by atoms with E-state index < -0.39 is 0 Å². The van der Waals surface area contributed by atoms with Gasteiger partial charge in [0, 0.05) is 18.4 Å². The van der Waals surface area contributed by atoms with E-state index in [0.717, 1.165) is 19.8 Å². The molecule has 3 heteroatoms. The van der Waals surface area contributed by atoms with Crippen LogP contribution in [0.4, 0.5) is 0 Å². The maximum atomic E-state index is 5.69. The van der Waals surface area contributed by atoms with Crippen LogP contribution >= 0.6 is 0 Å². The molecule has 2 heterocycles. The molecule has 0 aromatic rings. The Balaban J connectivity index is 1.96. The van der Waals surface area contributed by atoms with Crippen molar-refractivity contribution < 1.29 is 9.47 Å². The van der Waals surface area contributed by atoms with Gasteiger partial charge in [0.15, 0.2) is 0 Å². The lowest BCUT2D eigenvalue weighted by Crippen LogP contribution is -2.31. The molecule has 4 atom stereocenters. The second-order valence-electron chi connectivity index (χ2n) is 3.89. The van der Waals surface area contributed by atoms with Crippen molar-refractivity contribution >= 4 is 0 Å². The van der Waals surface area contributed by atoms with Crippen LogP contribution in [0, 0.1) is 11.8 Å². The fourth-order valence-electron chi connectivity index (χ4n) is 2.21. The van der Waals surface area contributed by atoms with Crippen LogP contribution in [-0.2, 0) is 9.47 Å². The molecule has 3 nitrogen and oxygen atoms in total. The van der Waals surface area contributed by atoms with Crippen LogP contribution in [0.3, 0.4) is 0 Å².